The highest BCUT2D eigenvalue weighted by molar-refractivity contribution is 7.20. The zero-order chi connectivity index (χ0) is 18.5. The van der Waals surface area contributed by atoms with Gasteiger partial charge >= 0.3 is 5.97 Å². The van der Waals surface area contributed by atoms with E-state index in [0.717, 1.165) is 19.6 Å². The molecule has 1 fully saturated rings. The van der Waals surface area contributed by atoms with Crippen molar-refractivity contribution in [1.29, 1.82) is 0 Å². The summed E-state index contributed by atoms with van der Waals surface area (Å²) >= 11 is 1.23. The third-order valence-corrected chi connectivity index (χ3v) is 5.95. The number of rotatable bonds is 6. The SMILES string of the molecule is COCCOC(=O)c1sc2nc(C[NH+]3CCCCCC3)[nH]c(=O)c2c1C. The summed E-state index contributed by atoms with van der Waals surface area (Å²) in [5.74, 6) is 0.265. The van der Waals surface area contributed by atoms with Crippen LogP contribution < -0.4 is 10.5 Å². The quantitative estimate of drug-likeness (QED) is 0.578. The minimum Gasteiger partial charge on any atom is -0.459 e. The summed E-state index contributed by atoms with van der Waals surface area (Å²) in [5.41, 5.74) is 0.457. The van der Waals surface area contributed by atoms with Gasteiger partial charge in [0.2, 0.25) is 0 Å². The summed E-state index contributed by atoms with van der Waals surface area (Å²) in [5, 5.41) is 0.489. The van der Waals surface area contributed by atoms with Gasteiger partial charge in [0.1, 0.15) is 22.9 Å². The fraction of sp³-hybridized carbons (Fsp3) is 0.611. The van der Waals surface area contributed by atoms with E-state index in [1.54, 1.807) is 14.0 Å². The summed E-state index contributed by atoms with van der Waals surface area (Å²) in [6.07, 6.45) is 5.01. The monoisotopic (exact) mass is 380 g/mol. The van der Waals surface area contributed by atoms with Crippen LogP contribution in [0.5, 0.6) is 0 Å². The molecule has 0 aromatic carbocycles. The molecular weight excluding hydrogens is 354 g/mol. The van der Waals surface area contributed by atoms with Gasteiger partial charge in [0.15, 0.2) is 5.82 Å². The fourth-order valence-corrected chi connectivity index (χ4v) is 4.49. The van der Waals surface area contributed by atoms with E-state index in [1.807, 2.05) is 0 Å². The van der Waals surface area contributed by atoms with Gasteiger partial charge in [0.25, 0.3) is 5.56 Å². The molecule has 0 unspecified atom stereocenters. The van der Waals surface area contributed by atoms with Crippen LogP contribution in [0.15, 0.2) is 4.79 Å². The van der Waals surface area contributed by atoms with Crippen LogP contribution in [0.3, 0.4) is 0 Å². The number of esters is 1. The molecule has 0 amide bonds. The molecule has 0 radical (unpaired) electrons. The molecule has 1 saturated heterocycles. The predicted octanol–water partition coefficient (Wildman–Crippen LogP) is 1.06. The lowest BCUT2D eigenvalue weighted by molar-refractivity contribution is -0.913. The number of hydrogen-bond donors (Lipinski definition) is 2. The zero-order valence-electron chi connectivity index (χ0n) is 15.4. The fourth-order valence-electron chi connectivity index (χ4n) is 3.39. The maximum Gasteiger partial charge on any atom is 0.348 e. The molecule has 3 rings (SSSR count). The minimum atomic E-state index is -0.429. The van der Waals surface area contributed by atoms with Gasteiger partial charge in [-0.25, -0.2) is 9.78 Å². The second kappa shape index (κ2) is 8.75. The Morgan fingerprint density at radius 1 is 1.23 bits per heavy atom. The first-order valence-corrected chi connectivity index (χ1v) is 9.93. The molecule has 3 heterocycles. The largest absolute Gasteiger partial charge is 0.459 e. The number of ether oxygens (including phenoxy) is 2. The standard InChI is InChI=1S/C18H25N3O4S/c1-12-14-16(22)19-13(11-21-7-5-3-4-6-8-21)20-17(14)26-15(12)18(23)25-10-9-24-2/h3-11H2,1-2H3,(H,19,20,22)/p+1. The molecular formula is C18H26N3O4S+. The van der Waals surface area contributed by atoms with Crippen LogP contribution in [0, 0.1) is 6.92 Å². The number of methoxy groups -OCH3 is 1. The lowest BCUT2D eigenvalue weighted by atomic mass is 10.2. The van der Waals surface area contributed by atoms with Crippen LogP contribution in [0.1, 0.15) is 46.7 Å². The molecule has 26 heavy (non-hydrogen) atoms. The second-order valence-corrected chi connectivity index (χ2v) is 7.72. The van der Waals surface area contributed by atoms with Crippen molar-refractivity contribution in [3.05, 3.63) is 26.6 Å². The van der Waals surface area contributed by atoms with Gasteiger partial charge in [-0.2, -0.15) is 0 Å². The number of likely N-dealkylation sites (tertiary alicyclic amines) is 1. The van der Waals surface area contributed by atoms with Gasteiger partial charge in [0.05, 0.1) is 25.1 Å². The highest BCUT2D eigenvalue weighted by Gasteiger charge is 2.21. The Morgan fingerprint density at radius 3 is 2.65 bits per heavy atom. The third kappa shape index (κ3) is 4.31. The highest BCUT2D eigenvalue weighted by Crippen LogP contribution is 2.27. The molecule has 7 nitrogen and oxygen atoms in total. The summed E-state index contributed by atoms with van der Waals surface area (Å²) < 4.78 is 10.1. The van der Waals surface area contributed by atoms with E-state index >= 15 is 0 Å². The van der Waals surface area contributed by atoms with Gasteiger partial charge in [-0.05, 0) is 38.2 Å². The minimum absolute atomic E-state index is 0.177. The first-order chi connectivity index (χ1) is 12.6. The third-order valence-electron chi connectivity index (χ3n) is 4.78. The number of thiophene rings is 1. The average Bonchev–Trinajstić information content (AvgIpc) is 2.78. The summed E-state index contributed by atoms with van der Waals surface area (Å²) in [4.78, 5) is 34.8. The molecule has 0 spiro atoms. The Labute approximate surface area is 156 Å². The Hall–Kier alpha value is -1.77. The Bertz CT molecular complexity index is 822. The molecule has 0 atom stereocenters. The predicted molar refractivity (Wildman–Crippen MR) is 100 cm³/mol. The maximum absolute atomic E-state index is 12.6. The lowest BCUT2D eigenvalue weighted by Gasteiger charge is -2.15. The van der Waals surface area contributed by atoms with Crippen molar-refractivity contribution in [2.45, 2.75) is 39.2 Å². The molecule has 0 aliphatic carbocycles. The molecule has 0 saturated carbocycles. The van der Waals surface area contributed by atoms with Gasteiger partial charge in [-0.3, -0.25) is 4.79 Å². The molecule has 8 heteroatoms. The molecule has 2 aromatic rings. The number of aryl methyl sites for hydroxylation is 1. The number of fused-ring (bicyclic) bond motifs is 1. The maximum atomic E-state index is 12.6. The Balaban J connectivity index is 1.83. The van der Waals surface area contributed by atoms with Crippen LogP contribution in [0.25, 0.3) is 10.2 Å². The van der Waals surface area contributed by atoms with E-state index in [2.05, 4.69) is 9.97 Å². The van der Waals surface area contributed by atoms with Gasteiger partial charge < -0.3 is 19.4 Å². The van der Waals surface area contributed by atoms with Crippen molar-refractivity contribution in [2.24, 2.45) is 0 Å². The van der Waals surface area contributed by atoms with Crippen molar-refractivity contribution in [1.82, 2.24) is 9.97 Å². The number of quaternary nitrogens is 1. The lowest BCUT2D eigenvalue weighted by Crippen LogP contribution is -3.10. The number of nitrogens with zero attached hydrogens (tertiary/aromatic N) is 1. The average molecular weight is 380 g/mol. The summed E-state index contributed by atoms with van der Waals surface area (Å²) in [6, 6.07) is 0. The van der Waals surface area contributed by atoms with Crippen molar-refractivity contribution in [2.75, 3.05) is 33.4 Å². The topological polar surface area (TPSA) is 85.7 Å². The van der Waals surface area contributed by atoms with Crippen LogP contribution in [-0.2, 0) is 16.0 Å². The number of H-pyrrole nitrogens is 1. The van der Waals surface area contributed by atoms with Crippen molar-refractivity contribution in [3.8, 4) is 0 Å². The normalized spacial score (nSPS) is 15.9. The number of nitrogens with one attached hydrogen (secondary N) is 2. The number of carbonyl (C=O) groups excluding carboxylic acids is 1. The Kier molecular flexibility index (Phi) is 6.39. The second-order valence-electron chi connectivity index (χ2n) is 6.72. The van der Waals surface area contributed by atoms with Gasteiger partial charge in [-0.1, -0.05) is 0 Å². The van der Waals surface area contributed by atoms with Crippen molar-refractivity contribution < 1.29 is 19.2 Å². The van der Waals surface area contributed by atoms with Crippen molar-refractivity contribution >= 4 is 27.5 Å². The molecule has 1 aliphatic heterocycles. The van der Waals surface area contributed by atoms with Crippen LogP contribution in [0.2, 0.25) is 0 Å². The number of hydrogen-bond acceptors (Lipinski definition) is 6. The molecule has 0 bridgehead atoms. The van der Waals surface area contributed by atoms with E-state index in [0.29, 0.717) is 33.1 Å². The van der Waals surface area contributed by atoms with Crippen LogP contribution in [-0.4, -0.2) is 49.4 Å². The van der Waals surface area contributed by atoms with E-state index in [-0.39, 0.29) is 12.2 Å². The summed E-state index contributed by atoms with van der Waals surface area (Å²) in [7, 11) is 1.55. The van der Waals surface area contributed by atoms with E-state index in [4.69, 9.17) is 9.47 Å². The number of aromatic nitrogens is 2. The number of carbonyl (C=O) groups is 1. The zero-order valence-corrected chi connectivity index (χ0v) is 16.2. The number of aromatic amines is 1. The highest BCUT2D eigenvalue weighted by atomic mass is 32.1. The molecule has 142 valence electrons. The molecule has 2 aromatic heterocycles. The van der Waals surface area contributed by atoms with Gasteiger partial charge in [-0.15, -0.1) is 11.3 Å². The van der Waals surface area contributed by atoms with Crippen LogP contribution >= 0.6 is 11.3 Å². The Morgan fingerprint density at radius 2 is 1.96 bits per heavy atom. The van der Waals surface area contributed by atoms with Crippen LogP contribution in [0.4, 0.5) is 0 Å². The van der Waals surface area contributed by atoms with E-state index in [9.17, 15) is 9.59 Å². The van der Waals surface area contributed by atoms with E-state index in [1.165, 1.54) is 41.9 Å². The summed E-state index contributed by atoms with van der Waals surface area (Å²) in [6.45, 7) is 5.25. The van der Waals surface area contributed by atoms with E-state index < -0.39 is 5.97 Å². The smallest absolute Gasteiger partial charge is 0.348 e. The molecule has 2 N–H and O–H groups in total. The van der Waals surface area contributed by atoms with Crippen molar-refractivity contribution in [3.63, 3.8) is 0 Å². The van der Waals surface area contributed by atoms with Gasteiger partial charge in [0, 0.05) is 7.11 Å². The first-order valence-electron chi connectivity index (χ1n) is 9.12. The molecule has 1 aliphatic rings. The first kappa shape index (κ1) is 19.0.